The molecule has 0 unspecified atom stereocenters. The summed E-state index contributed by atoms with van der Waals surface area (Å²) in [7, 11) is 0. The number of rotatable bonds is 7. The number of ether oxygens (including phenoxy) is 2. The SMILES string of the molecule is CCOC(=O)C1=C(C)N=c2s/c(=C/c3cc(C)n(C4CCCCC4)c3C)c(=O)n2[C@H]1c1ccccc1OC(C)C. The fourth-order valence-corrected chi connectivity index (χ4v) is 7.18. The van der Waals surface area contributed by atoms with Crippen LogP contribution in [0.5, 0.6) is 5.75 Å². The summed E-state index contributed by atoms with van der Waals surface area (Å²) in [5.74, 6) is 0.156. The first-order chi connectivity index (χ1) is 19.2. The molecule has 1 aromatic carbocycles. The van der Waals surface area contributed by atoms with E-state index in [-0.39, 0.29) is 18.3 Å². The molecule has 0 bridgehead atoms. The van der Waals surface area contributed by atoms with E-state index in [1.165, 1.54) is 54.8 Å². The van der Waals surface area contributed by atoms with E-state index in [0.717, 1.165) is 11.1 Å². The number of carbonyl (C=O) groups is 1. The molecule has 3 aromatic rings. The first kappa shape index (κ1) is 28.1. The summed E-state index contributed by atoms with van der Waals surface area (Å²) < 4.78 is 16.3. The molecule has 212 valence electrons. The third-order valence-corrected chi connectivity index (χ3v) is 8.83. The summed E-state index contributed by atoms with van der Waals surface area (Å²) in [4.78, 5) is 32.7. The number of carbonyl (C=O) groups excluding carboxylic acids is 1. The first-order valence-electron chi connectivity index (χ1n) is 14.3. The fourth-order valence-electron chi connectivity index (χ4n) is 6.14. The molecule has 0 spiro atoms. The van der Waals surface area contributed by atoms with E-state index >= 15 is 0 Å². The number of aryl methyl sites for hydroxylation is 1. The summed E-state index contributed by atoms with van der Waals surface area (Å²) in [6.45, 7) is 12.0. The minimum atomic E-state index is -0.706. The van der Waals surface area contributed by atoms with Crippen LogP contribution < -0.4 is 19.6 Å². The number of para-hydroxylation sites is 1. The highest BCUT2D eigenvalue weighted by molar-refractivity contribution is 7.07. The number of hydrogen-bond acceptors (Lipinski definition) is 6. The van der Waals surface area contributed by atoms with Gasteiger partial charge in [-0.3, -0.25) is 9.36 Å². The second-order valence-electron chi connectivity index (χ2n) is 11.0. The lowest BCUT2D eigenvalue weighted by Gasteiger charge is -2.26. The van der Waals surface area contributed by atoms with Crippen molar-refractivity contribution in [1.82, 2.24) is 9.13 Å². The van der Waals surface area contributed by atoms with E-state index in [1.54, 1.807) is 18.4 Å². The number of hydrogen-bond donors (Lipinski definition) is 0. The summed E-state index contributed by atoms with van der Waals surface area (Å²) in [6.07, 6.45) is 8.15. The van der Waals surface area contributed by atoms with E-state index in [4.69, 9.17) is 14.5 Å². The zero-order valence-corrected chi connectivity index (χ0v) is 25.1. The maximum atomic E-state index is 14.1. The molecule has 1 aliphatic carbocycles. The molecule has 2 aliphatic rings. The van der Waals surface area contributed by atoms with Gasteiger partial charge in [0.25, 0.3) is 5.56 Å². The third kappa shape index (κ3) is 5.21. The van der Waals surface area contributed by atoms with Gasteiger partial charge in [-0.15, -0.1) is 0 Å². The third-order valence-electron chi connectivity index (χ3n) is 7.84. The summed E-state index contributed by atoms with van der Waals surface area (Å²) in [6, 6.07) is 9.58. The predicted octanol–water partition coefficient (Wildman–Crippen LogP) is 5.51. The number of nitrogens with zero attached hydrogens (tertiary/aromatic N) is 3. The van der Waals surface area contributed by atoms with Gasteiger partial charge >= 0.3 is 5.97 Å². The number of esters is 1. The van der Waals surface area contributed by atoms with Gasteiger partial charge in [-0.2, -0.15) is 0 Å². The van der Waals surface area contributed by atoms with Crippen molar-refractivity contribution in [3.05, 3.63) is 83.8 Å². The van der Waals surface area contributed by atoms with E-state index in [9.17, 15) is 9.59 Å². The molecule has 1 atom stereocenters. The quantitative estimate of drug-likeness (QED) is 0.357. The van der Waals surface area contributed by atoms with Crippen molar-refractivity contribution in [1.29, 1.82) is 0 Å². The van der Waals surface area contributed by atoms with Gasteiger partial charge < -0.3 is 14.0 Å². The maximum Gasteiger partial charge on any atom is 0.338 e. The number of aromatic nitrogens is 2. The lowest BCUT2D eigenvalue weighted by Crippen LogP contribution is -2.40. The van der Waals surface area contributed by atoms with Crippen LogP contribution in [0.15, 0.2) is 51.4 Å². The van der Waals surface area contributed by atoms with Crippen LogP contribution in [0.1, 0.15) is 94.4 Å². The standard InChI is InChI=1S/C32H39N3O4S/c1-7-38-31(37)28-21(5)33-32-35(29(28)25-15-11-12-16-26(25)39-19(2)3)30(36)27(40-32)18-23-17-20(4)34(22(23)6)24-13-9-8-10-14-24/h11-12,15-19,24,29H,7-10,13-14H2,1-6H3/b27-18+/t29-/m0/s1. The second-order valence-corrected chi connectivity index (χ2v) is 12.0. The van der Waals surface area contributed by atoms with Crippen molar-refractivity contribution < 1.29 is 14.3 Å². The van der Waals surface area contributed by atoms with Gasteiger partial charge in [-0.25, -0.2) is 9.79 Å². The van der Waals surface area contributed by atoms with Gasteiger partial charge in [0, 0.05) is 23.0 Å². The Morgan fingerprint density at radius 2 is 1.85 bits per heavy atom. The van der Waals surface area contributed by atoms with Crippen molar-refractivity contribution in [2.75, 3.05) is 6.61 Å². The van der Waals surface area contributed by atoms with Crippen LogP contribution in [0.3, 0.4) is 0 Å². The molecule has 0 N–H and O–H groups in total. The highest BCUT2D eigenvalue weighted by atomic mass is 32.1. The molecule has 8 heteroatoms. The molecule has 2 aromatic heterocycles. The Morgan fingerprint density at radius 3 is 2.55 bits per heavy atom. The van der Waals surface area contributed by atoms with Crippen molar-refractivity contribution in [3.63, 3.8) is 0 Å². The summed E-state index contributed by atoms with van der Waals surface area (Å²) in [5.41, 5.74) is 4.92. The zero-order chi connectivity index (χ0) is 28.6. The lowest BCUT2D eigenvalue weighted by atomic mass is 9.95. The highest BCUT2D eigenvalue weighted by Crippen LogP contribution is 2.36. The smallest absolute Gasteiger partial charge is 0.338 e. The van der Waals surface area contributed by atoms with E-state index < -0.39 is 12.0 Å². The Hall–Kier alpha value is -3.39. The molecule has 0 amide bonds. The molecule has 1 fully saturated rings. The van der Waals surface area contributed by atoms with Crippen molar-refractivity contribution in [2.45, 2.75) is 91.8 Å². The maximum absolute atomic E-state index is 14.1. The van der Waals surface area contributed by atoms with E-state index in [1.807, 2.05) is 44.2 Å². The van der Waals surface area contributed by atoms with Gasteiger partial charge in [-0.1, -0.05) is 48.8 Å². The van der Waals surface area contributed by atoms with E-state index in [0.29, 0.717) is 32.4 Å². The normalized spacial score (nSPS) is 18.2. The molecule has 3 heterocycles. The molecular weight excluding hydrogens is 522 g/mol. The highest BCUT2D eigenvalue weighted by Gasteiger charge is 2.35. The van der Waals surface area contributed by atoms with Crippen LogP contribution in [0.2, 0.25) is 0 Å². The zero-order valence-electron chi connectivity index (χ0n) is 24.3. The van der Waals surface area contributed by atoms with Crippen molar-refractivity contribution in [2.24, 2.45) is 4.99 Å². The second kappa shape index (κ2) is 11.6. The minimum Gasteiger partial charge on any atom is -0.491 e. The van der Waals surface area contributed by atoms with Crippen LogP contribution in [-0.2, 0) is 9.53 Å². The van der Waals surface area contributed by atoms with Crippen molar-refractivity contribution >= 4 is 23.4 Å². The molecule has 7 nitrogen and oxygen atoms in total. The summed E-state index contributed by atoms with van der Waals surface area (Å²) >= 11 is 1.36. The van der Waals surface area contributed by atoms with Gasteiger partial charge in [0.15, 0.2) is 4.80 Å². The molecule has 1 saturated carbocycles. The van der Waals surface area contributed by atoms with Crippen molar-refractivity contribution in [3.8, 4) is 5.75 Å². The molecule has 40 heavy (non-hydrogen) atoms. The van der Waals surface area contributed by atoms with Crippen LogP contribution in [0.4, 0.5) is 0 Å². The Labute approximate surface area is 239 Å². The molecule has 1 aliphatic heterocycles. The topological polar surface area (TPSA) is 74.8 Å². The summed E-state index contributed by atoms with van der Waals surface area (Å²) in [5, 5.41) is 0. The Morgan fingerprint density at radius 1 is 1.12 bits per heavy atom. The van der Waals surface area contributed by atoms with Gasteiger partial charge in [-0.05, 0) is 78.2 Å². The Kier molecular flexibility index (Phi) is 8.17. The largest absolute Gasteiger partial charge is 0.491 e. The molecule has 5 rings (SSSR count). The monoisotopic (exact) mass is 561 g/mol. The molecule has 0 radical (unpaired) electrons. The van der Waals surface area contributed by atoms with Crippen LogP contribution in [0, 0.1) is 13.8 Å². The fraction of sp³-hybridized carbons (Fsp3) is 0.469. The lowest BCUT2D eigenvalue weighted by molar-refractivity contribution is -0.139. The molecule has 0 saturated heterocycles. The average molecular weight is 562 g/mol. The van der Waals surface area contributed by atoms with E-state index in [2.05, 4.69) is 24.5 Å². The van der Waals surface area contributed by atoms with Gasteiger partial charge in [0.1, 0.15) is 11.8 Å². The number of benzene rings is 1. The first-order valence-corrected chi connectivity index (χ1v) is 15.2. The Bertz CT molecular complexity index is 1630. The Balaban J connectivity index is 1.68. The van der Waals surface area contributed by atoms with Crippen LogP contribution in [-0.4, -0.2) is 27.8 Å². The van der Waals surface area contributed by atoms with Crippen LogP contribution in [0.25, 0.3) is 6.08 Å². The van der Waals surface area contributed by atoms with Gasteiger partial charge in [0.05, 0.1) is 28.5 Å². The van der Waals surface area contributed by atoms with Gasteiger partial charge in [0.2, 0.25) is 0 Å². The number of allylic oxidation sites excluding steroid dienone is 1. The number of fused-ring (bicyclic) bond motifs is 1. The number of thiazole rings is 1. The molecular formula is C32H39N3O4S. The minimum absolute atomic E-state index is 0.0764. The average Bonchev–Trinajstić information content (AvgIpc) is 3.37. The van der Waals surface area contributed by atoms with Crippen LogP contribution >= 0.6 is 11.3 Å². The predicted molar refractivity (Wildman–Crippen MR) is 159 cm³/mol.